The first-order chi connectivity index (χ1) is 10.2. The monoisotopic (exact) mass is 296 g/mol. The topological polar surface area (TPSA) is 0 Å². The molecule has 22 heavy (non-hydrogen) atoms. The fraction of sp³-hybridized carbons (Fsp3) is 0.545. The van der Waals surface area contributed by atoms with Crippen LogP contribution in [-0.4, -0.2) is 0 Å². The van der Waals surface area contributed by atoms with E-state index in [9.17, 15) is 0 Å². The second-order valence-corrected chi connectivity index (χ2v) is 8.25. The lowest BCUT2D eigenvalue weighted by Crippen LogP contribution is -2.24. The number of hydrogen-bond acceptors (Lipinski definition) is 0. The van der Waals surface area contributed by atoms with Gasteiger partial charge in [0.15, 0.2) is 0 Å². The number of allylic oxidation sites excluding steroid dienone is 9. The van der Waals surface area contributed by atoms with Gasteiger partial charge in [-0.3, -0.25) is 0 Å². The van der Waals surface area contributed by atoms with Gasteiger partial charge < -0.3 is 0 Å². The zero-order valence-electron chi connectivity index (χ0n) is 15.3. The Labute approximate surface area is 137 Å². The second kappa shape index (κ2) is 6.44. The van der Waals surface area contributed by atoms with Gasteiger partial charge in [0.05, 0.1) is 0 Å². The molecule has 0 aromatic rings. The zero-order valence-corrected chi connectivity index (χ0v) is 15.3. The minimum Gasteiger partial charge on any atom is -0.0958 e. The minimum absolute atomic E-state index is 0.404. The van der Waals surface area contributed by atoms with Crippen LogP contribution < -0.4 is 0 Å². The third-order valence-electron chi connectivity index (χ3n) is 5.39. The quantitative estimate of drug-likeness (QED) is 0.485. The summed E-state index contributed by atoms with van der Waals surface area (Å²) in [6.45, 7) is 17.7. The van der Waals surface area contributed by atoms with Crippen molar-refractivity contribution in [2.75, 3.05) is 0 Å². The van der Waals surface area contributed by atoms with E-state index in [0.717, 1.165) is 17.9 Å². The number of rotatable bonds is 2. The van der Waals surface area contributed by atoms with Crippen molar-refractivity contribution in [2.45, 2.75) is 67.2 Å². The Bertz CT molecular complexity index is 582. The van der Waals surface area contributed by atoms with Gasteiger partial charge in [0.25, 0.3) is 0 Å². The average Bonchev–Trinajstić information content (AvgIpc) is 2.57. The molecule has 2 aliphatic carbocycles. The van der Waals surface area contributed by atoms with Gasteiger partial charge in [-0.25, -0.2) is 0 Å². The summed E-state index contributed by atoms with van der Waals surface area (Å²) >= 11 is 0. The largest absolute Gasteiger partial charge is 0.0958 e. The Balaban J connectivity index is 2.35. The normalized spacial score (nSPS) is 23.5. The van der Waals surface area contributed by atoms with E-state index >= 15 is 0 Å². The fourth-order valence-corrected chi connectivity index (χ4v) is 3.34. The van der Waals surface area contributed by atoms with E-state index < -0.39 is 0 Å². The maximum absolute atomic E-state index is 4.07. The van der Waals surface area contributed by atoms with Crippen LogP contribution in [0.2, 0.25) is 0 Å². The molecule has 0 radical (unpaired) electrons. The lowest BCUT2D eigenvalue weighted by molar-refractivity contribution is 0.215. The highest BCUT2D eigenvalue weighted by Crippen LogP contribution is 2.43. The Morgan fingerprint density at radius 1 is 1.23 bits per heavy atom. The smallest absolute Gasteiger partial charge is 0.0127 e. The standard InChI is InChI=1S/C22H32/c1-15(2)17(4)12-19-13-20-14-21(22(5,6)7)11-10-18(20)9-8-16(19)3/h9,12-13,21H,1,8,10-11,14H2,2-7H3/b17-12+. The van der Waals surface area contributed by atoms with Gasteiger partial charge in [-0.05, 0) is 80.1 Å². The molecule has 1 saturated carbocycles. The van der Waals surface area contributed by atoms with E-state index in [2.05, 4.69) is 66.3 Å². The summed E-state index contributed by atoms with van der Waals surface area (Å²) in [5.41, 5.74) is 8.89. The van der Waals surface area contributed by atoms with E-state index in [4.69, 9.17) is 0 Å². The van der Waals surface area contributed by atoms with E-state index in [1.54, 1.807) is 11.1 Å². The van der Waals surface area contributed by atoms with Crippen LogP contribution in [0.25, 0.3) is 0 Å². The molecule has 1 fully saturated rings. The van der Waals surface area contributed by atoms with Crippen LogP contribution >= 0.6 is 0 Å². The van der Waals surface area contributed by atoms with Crippen molar-refractivity contribution >= 4 is 0 Å². The van der Waals surface area contributed by atoms with Crippen molar-refractivity contribution in [3.05, 3.63) is 58.2 Å². The highest BCUT2D eigenvalue weighted by Gasteiger charge is 2.30. The Kier molecular flexibility index (Phi) is 5.00. The van der Waals surface area contributed by atoms with Crippen molar-refractivity contribution in [2.24, 2.45) is 11.3 Å². The molecule has 0 heterocycles. The maximum atomic E-state index is 4.07. The molecule has 0 nitrogen and oxygen atoms in total. The molecule has 0 spiro atoms. The first-order valence-corrected chi connectivity index (χ1v) is 8.62. The molecule has 0 amide bonds. The molecule has 2 rings (SSSR count). The van der Waals surface area contributed by atoms with Crippen molar-refractivity contribution in [3.63, 3.8) is 0 Å². The molecule has 0 saturated heterocycles. The summed E-state index contributed by atoms with van der Waals surface area (Å²) in [5.74, 6) is 0.793. The van der Waals surface area contributed by atoms with Crippen LogP contribution in [0.15, 0.2) is 58.2 Å². The minimum atomic E-state index is 0.404. The molecule has 0 heteroatoms. The van der Waals surface area contributed by atoms with Crippen molar-refractivity contribution in [3.8, 4) is 0 Å². The van der Waals surface area contributed by atoms with Crippen molar-refractivity contribution < 1.29 is 0 Å². The molecule has 0 aromatic heterocycles. The predicted octanol–water partition coefficient (Wildman–Crippen LogP) is 6.93. The molecule has 0 bridgehead atoms. The van der Waals surface area contributed by atoms with Crippen molar-refractivity contribution in [1.29, 1.82) is 0 Å². The zero-order chi connectivity index (χ0) is 16.5. The van der Waals surface area contributed by atoms with Gasteiger partial charge >= 0.3 is 0 Å². The SMILES string of the molecule is C=C(C)/C(C)=C/C1=C(C)CC=C2CCC(C(C)(C)C)CC2=C1. The fourth-order valence-electron chi connectivity index (χ4n) is 3.34. The first-order valence-electron chi connectivity index (χ1n) is 8.62. The molecule has 1 atom stereocenters. The van der Waals surface area contributed by atoms with Gasteiger partial charge in [-0.2, -0.15) is 0 Å². The van der Waals surface area contributed by atoms with Crippen LogP contribution in [0.4, 0.5) is 0 Å². The van der Waals surface area contributed by atoms with Gasteiger partial charge in [-0.15, -0.1) is 0 Å². The first kappa shape index (κ1) is 17.1. The molecule has 120 valence electrons. The summed E-state index contributed by atoms with van der Waals surface area (Å²) in [4.78, 5) is 0. The highest BCUT2D eigenvalue weighted by molar-refractivity contribution is 5.50. The summed E-state index contributed by atoms with van der Waals surface area (Å²) in [6.07, 6.45) is 12.1. The highest BCUT2D eigenvalue weighted by atomic mass is 14.3. The van der Waals surface area contributed by atoms with Gasteiger partial charge in [0.2, 0.25) is 0 Å². The van der Waals surface area contributed by atoms with E-state index in [-0.39, 0.29) is 0 Å². The summed E-state index contributed by atoms with van der Waals surface area (Å²) in [7, 11) is 0. The third-order valence-corrected chi connectivity index (χ3v) is 5.39. The van der Waals surface area contributed by atoms with Crippen LogP contribution in [-0.2, 0) is 0 Å². The second-order valence-electron chi connectivity index (χ2n) is 8.25. The van der Waals surface area contributed by atoms with Gasteiger partial charge in [0, 0.05) is 0 Å². The summed E-state index contributed by atoms with van der Waals surface area (Å²) < 4.78 is 0. The molecule has 0 aromatic carbocycles. The van der Waals surface area contributed by atoms with Gasteiger partial charge in [0.1, 0.15) is 0 Å². The van der Waals surface area contributed by atoms with Crippen LogP contribution in [0.3, 0.4) is 0 Å². The Morgan fingerprint density at radius 2 is 1.91 bits per heavy atom. The molecule has 1 unspecified atom stereocenters. The third kappa shape index (κ3) is 3.91. The van der Waals surface area contributed by atoms with E-state index in [1.165, 1.54) is 36.0 Å². The maximum Gasteiger partial charge on any atom is -0.0127 e. The lowest BCUT2D eigenvalue weighted by atomic mass is 9.69. The molecule has 2 aliphatic rings. The Hall–Kier alpha value is -1.30. The lowest BCUT2D eigenvalue weighted by Gasteiger charge is -2.36. The van der Waals surface area contributed by atoms with Crippen LogP contribution in [0, 0.1) is 11.3 Å². The molecule has 0 aliphatic heterocycles. The molecular weight excluding hydrogens is 264 g/mol. The Morgan fingerprint density at radius 3 is 2.50 bits per heavy atom. The molecule has 0 N–H and O–H groups in total. The summed E-state index contributed by atoms with van der Waals surface area (Å²) in [6, 6.07) is 0. The number of hydrogen-bond donors (Lipinski definition) is 0. The van der Waals surface area contributed by atoms with Crippen LogP contribution in [0.1, 0.15) is 67.2 Å². The average molecular weight is 296 g/mol. The van der Waals surface area contributed by atoms with E-state index in [1.807, 2.05) is 0 Å². The number of fused-ring (bicyclic) bond motifs is 1. The van der Waals surface area contributed by atoms with Crippen molar-refractivity contribution in [1.82, 2.24) is 0 Å². The van der Waals surface area contributed by atoms with Gasteiger partial charge in [-0.1, -0.05) is 56.7 Å². The van der Waals surface area contributed by atoms with E-state index in [0.29, 0.717) is 5.41 Å². The van der Waals surface area contributed by atoms with Crippen LogP contribution in [0.5, 0.6) is 0 Å². The summed E-state index contributed by atoms with van der Waals surface area (Å²) in [5, 5.41) is 0. The predicted molar refractivity (Wildman–Crippen MR) is 98.9 cm³/mol. The molecular formula is C22H32.